The van der Waals surface area contributed by atoms with Crippen LogP contribution >= 0.6 is 0 Å². The molecule has 2 unspecified atom stereocenters. The summed E-state index contributed by atoms with van der Waals surface area (Å²) in [5, 5.41) is 2.37. The molecule has 5 nitrogen and oxygen atoms in total. The molecule has 3 aliphatic rings. The van der Waals surface area contributed by atoms with Gasteiger partial charge in [0.25, 0.3) is 0 Å². The Morgan fingerprint density at radius 2 is 1.84 bits per heavy atom. The molecule has 1 aliphatic heterocycles. The lowest BCUT2D eigenvalue weighted by Crippen LogP contribution is -2.61. The van der Waals surface area contributed by atoms with Crippen molar-refractivity contribution in [2.45, 2.75) is 57.9 Å². The van der Waals surface area contributed by atoms with Gasteiger partial charge in [0.1, 0.15) is 5.41 Å². The molecule has 4 amide bonds. The van der Waals surface area contributed by atoms with Gasteiger partial charge in [0.05, 0.1) is 0 Å². The van der Waals surface area contributed by atoms with Crippen LogP contribution in [0.4, 0.5) is 4.79 Å². The van der Waals surface area contributed by atoms with Crippen molar-refractivity contribution in [1.29, 1.82) is 0 Å². The maximum absolute atomic E-state index is 12.5. The van der Waals surface area contributed by atoms with Gasteiger partial charge in [-0.3, -0.25) is 19.8 Å². The summed E-state index contributed by atoms with van der Waals surface area (Å²) in [6.45, 7) is 2.21. The summed E-state index contributed by atoms with van der Waals surface area (Å²) >= 11 is 0. The zero-order valence-corrected chi connectivity index (χ0v) is 11.3. The number of hydrogen-bond donors (Lipinski definition) is 1. The third kappa shape index (κ3) is 1.95. The van der Waals surface area contributed by atoms with Crippen LogP contribution in [-0.2, 0) is 9.59 Å². The molecule has 1 heterocycles. The van der Waals surface area contributed by atoms with Crippen molar-refractivity contribution in [2.75, 3.05) is 0 Å². The second kappa shape index (κ2) is 4.32. The van der Waals surface area contributed by atoms with Gasteiger partial charge in [-0.25, -0.2) is 4.79 Å². The second-order valence-electron chi connectivity index (χ2n) is 6.28. The van der Waals surface area contributed by atoms with Crippen LogP contribution in [0.2, 0.25) is 0 Å². The van der Waals surface area contributed by atoms with Gasteiger partial charge in [-0.1, -0.05) is 19.8 Å². The van der Waals surface area contributed by atoms with Crippen molar-refractivity contribution in [3.8, 4) is 0 Å². The van der Waals surface area contributed by atoms with Gasteiger partial charge in [-0.05, 0) is 38.0 Å². The third-order valence-electron chi connectivity index (χ3n) is 4.84. The standard InChI is InChI=1S/C14H20N2O3/c1-9-3-2-4-10(6-5-9)16-12(18)14(7-8-14)11(17)15-13(16)19/h9-10H,2-8H2,1H3,(H,15,17,19). The van der Waals surface area contributed by atoms with Gasteiger partial charge < -0.3 is 0 Å². The normalized spacial score (nSPS) is 34.2. The Hall–Kier alpha value is -1.39. The van der Waals surface area contributed by atoms with Gasteiger partial charge in [-0.2, -0.15) is 0 Å². The molecule has 2 saturated carbocycles. The summed E-state index contributed by atoms with van der Waals surface area (Å²) in [5.74, 6) is 0.0195. The van der Waals surface area contributed by atoms with E-state index in [1.807, 2.05) is 0 Å². The zero-order chi connectivity index (χ0) is 13.6. The highest BCUT2D eigenvalue weighted by molar-refractivity contribution is 6.21. The van der Waals surface area contributed by atoms with E-state index in [1.165, 1.54) is 4.90 Å². The fourth-order valence-corrected chi connectivity index (χ4v) is 3.32. The van der Waals surface area contributed by atoms with Gasteiger partial charge in [0, 0.05) is 6.04 Å². The first-order valence-corrected chi connectivity index (χ1v) is 7.24. The number of urea groups is 1. The minimum absolute atomic E-state index is 0.0250. The predicted molar refractivity (Wildman–Crippen MR) is 68.1 cm³/mol. The molecule has 1 spiro atoms. The van der Waals surface area contributed by atoms with E-state index in [2.05, 4.69) is 12.2 Å². The molecule has 2 atom stereocenters. The number of nitrogens with zero attached hydrogens (tertiary/aromatic N) is 1. The van der Waals surface area contributed by atoms with E-state index < -0.39 is 11.4 Å². The predicted octanol–water partition coefficient (Wildman–Crippen LogP) is 1.81. The number of hydrogen-bond acceptors (Lipinski definition) is 3. The number of imide groups is 2. The Morgan fingerprint density at radius 3 is 2.53 bits per heavy atom. The van der Waals surface area contributed by atoms with E-state index in [4.69, 9.17) is 0 Å². The average molecular weight is 264 g/mol. The summed E-state index contributed by atoms with van der Waals surface area (Å²) < 4.78 is 0. The molecule has 1 saturated heterocycles. The van der Waals surface area contributed by atoms with Crippen molar-refractivity contribution in [1.82, 2.24) is 10.2 Å². The van der Waals surface area contributed by atoms with E-state index in [0.717, 1.165) is 32.1 Å². The smallest absolute Gasteiger partial charge is 0.277 e. The van der Waals surface area contributed by atoms with Crippen LogP contribution in [0, 0.1) is 11.3 Å². The maximum atomic E-state index is 12.5. The number of carbonyl (C=O) groups excluding carboxylic acids is 3. The van der Waals surface area contributed by atoms with Crippen LogP contribution in [0.3, 0.4) is 0 Å². The molecule has 0 radical (unpaired) electrons. The number of amides is 4. The molecule has 0 aromatic rings. The largest absolute Gasteiger partial charge is 0.331 e. The fourth-order valence-electron chi connectivity index (χ4n) is 3.32. The first-order chi connectivity index (χ1) is 9.04. The third-order valence-corrected chi connectivity index (χ3v) is 4.84. The maximum Gasteiger partial charge on any atom is 0.331 e. The van der Waals surface area contributed by atoms with Crippen LogP contribution in [0.5, 0.6) is 0 Å². The van der Waals surface area contributed by atoms with Crippen LogP contribution in [0.1, 0.15) is 51.9 Å². The minimum atomic E-state index is -0.897. The van der Waals surface area contributed by atoms with E-state index in [0.29, 0.717) is 18.8 Å². The molecule has 3 fully saturated rings. The quantitative estimate of drug-likeness (QED) is 0.580. The Kier molecular flexibility index (Phi) is 2.87. The fraction of sp³-hybridized carbons (Fsp3) is 0.786. The van der Waals surface area contributed by atoms with Crippen molar-refractivity contribution < 1.29 is 14.4 Å². The number of nitrogens with one attached hydrogen (secondary N) is 1. The van der Waals surface area contributed by atoms with E-state index >= 15 is 0 Å². The highest BCUT2D eigenvalue weighted by atomic mass is 16.2. The van der Waals surface area contributed by atoms with Crippen molar-refractivity contribution in [3.05, 3.63) is 0 Å². The van der Waals surface area contributed by atoms with Crippen molar-refractivity contribution >= 4 is 17.8 Å². The van der Waals surface area contributed by atoms with E-state index in [1.54, 1.807) is 0 Å². The molecule has 3 rings (SSSR count). The molecule has 5 heteroatoms. The SMILES string of the molecule is CC1CCCC(N2C(=O)NC(=O)C3(CC3)C2=O)CC1. The first-order valence-electron chi connectivity index (χ1n) is 7.24. The summed E-state index contributed by atoms with van der Waals surface area (Å²) in [7, 11) is 0. The average Bonchev–Trinajstić information content (AvgIpc) is 3.14. The summed E-state index contributed by atoms with van der Waals surface area (Å²) in [6, 6.07) is -0.532. The highest BCUT2D eigenvalue weighted by Gasteiger charge is 2.62. The topological polar surface area (TPSA) is 66.5 Å². The van der Waals surface area contributed by atoms with Crippen LogP contribution in [0.15, 0.2) is 0 Å². The van der Waals surface area contributed by atoms with Crippen LogP contribution in [0.25, 0.3) is 0 Å². The Bertz CT molecular complexity index is 442. The molecule has 0 bridgehead atoms. The molecule has 19 heavy (non-hydrogen) atoms. The Labute approximate surface area is 112 Å². The number of rotatable bonds is 1. The van der Waals surface area contributed by atoms with Crippen molar-refractivity contribution in [3.63, 3.8) is 0 Å². The monoisotopic (exact) mass is 264 g/mol. The van der Waals surface area contributed by atoms with Gasteiger partial charge in [0.15, 0.2) is 0 Å². The lowest BCUT2D eigenvalue weighted by molar-refractivity contribution is -0.146. The molecule has 2 aliphatic carbocycles. The second-order valence-corrected chi connectivity index (χ2v) is 6.28. The van der Waals surface area contributed by atoms with Gasteiger partial charge >= 0.3 is 6.03 Å². The molecular formula is C14H20N2O3. The molecule has 1 N–H and O–H groups in total. The zero-order valence-electron chi connectivity index (χ0n) is 11.3. The summed E-state index contributed by atoms with van der Waals surface area (Å²) in [4.78, 5) is 37.6. The molecule has 0 aromatic carbocycles. The molecule has 0 aromatic heterocycles. The lowest BCUT2D eigenvalue weighted by Gasteiger charge is -2.35. The number of carbonyl (C=O) groups is 3. The van der Waals surface area contributed by atoms with Gasteiger partial charge in [0.2, 0.25) is 11.8 Å². The van der Waals surface area contributed by atoms with E-state index in [9.17, 15) is 14.4 Å². The van der Waals surface area contributed by atoms with Crippen LogP contribution in [-0.4, -0.2) is 28.8 Å². The summed E-state index contributed by atoms with van der Waals surface area (Å²) in [5.41, 5.74) is -0.897. The Morgan fingerprint density at radius 1 is 1.11 bits per heavy atom. The van der Waals surface area contributed by atoms with E-state index in [-0.39, 0.29) is 17.9 Å². The first kappa shape index (κ1) is 12.6. The van der Waals surface area contributed by atoms with Crippen LogP contribution < -0.4 is 5.32 Å². The van der Waals surface area contributed by atoms with Crippen molar-refractivity contribution in [2.24, 2.45) is 11.3 Å². The lowest BCUT2D eigenvalue weighted by atomic mass is 9.97. The number of barbiturate groups is 1. The Balaban J connectivity index is 1.81. The van der Waals surface area contributed by atoms with Gasteiger partial charge in [-0.15, -0.1) is 0 Å². The summed E-state index contributed by atoms with van der Waals surface area (Å²) in [6.07, 6.45) is 6.16. The highest BCUT2D eigenvalue weighted by Crippen LogP contribution is 2.49. The molecule has 104 valence electrons. The molecular weight excluding hydrogens is 244 g/mol. The minimum Gasteiger partial charge on any atom is -0.277 e.